The zero-order chi connectivity index (χ0) is 57.0. The molecular formula is C74H58B2N6O2. The molecule has 0 bridgehead atoms. The van der Waals surface area contributed by atoms with Crippen molar-refractivity contribution < 1.29 is 9.47 Å². The summed E-state index contributed by atoms with van der Waals surface area (Å²) >= 11 is 0. The lowest BCUT2D eigenvalue weighted by Crippen LogP contribution is -2.63. The molecule has 17 rings (SSSR count). The molecule has 0 aliphatic carbocycles. The number of aryl methyl sites for hydroxylation is 4. The lowest BCUT2D eigenvalue weighted by Gasteiger charge is -2.41. The average molecular weight is 1080 g/mol. The van der Waals surface area contributed by atoms with Crippen LogP contribution in [0.3, 0.4) is 0 Å². The Balaban J connectivity index is 1.07. The maximum atomic E-state index is 7.85. The molecule has 13 aromatic rings. The van der Waals surface area contributed by atoms with Crippen molar-refractivity contribution in [3.8, 4) is 79.4 Å². The van der Waals surface area contributed by atoms with Crippen LogP contribution in [0.5, 0.6) is 23.0 Å². The van der Waals surface area contributed by atoms with Crippen LogP contribution < -0.4 is 42.3 Å². The van der Waals surface area contributed by atoms with E-state index in [0.29, 0.717) is 0 Å². The van der Waals surface area contributed by atoms with E-state index in [9.17, 15) is 0 Å². The normalized spacial score (nSPS) is 13.5. The van der Waals surface area contributed by atoms with Gasteiger partial charge in [0.2, 0.25) is 0 Å². The molecule has 4 aliphatic rings. The number of ether oxygens (including phenoxy) is 2. The van der Waals surface area contributed by atoms with Crippen LogP contribution in [0.25, 0.3) is 101 Å². The molecule has 0 unspecified atom stereocenters. The summed E-state index contributed by atoms with van der Waals surface area (Å²) in [6.07, 6.45) is 0. The Hall–Kier alpha value is -9.53. The first-order valence-corrected chi connectivity index (χ1v) is 29.4. The molecule has 4 aliphatic heterocycles. The quantitative estimate of drug-likeness (QED) is 0.163. The van der Waals surface area contributed by atoms with E-state index in [-0.39, 0.29) is 24.3 Å². The Morgan fingerprint density at radius 1 is 0.345 bits per heavy atom. The van der Waals surface area contributed by atoms with Gasteiger partial charge in [0.05, 0.1) is 56.2 Å². The maximum Gasteiger partial charge on any atom is 0.256 e. The maximum absolute atomic E-state index is 7.85. The number of nitrogens with zero attached hydrogens (tertiary/aromatic N) is 6. The molecule has 7 aromatic carbocycles. The number of fused-ring (bicyclic) bond motifs is 16. The number of pyridine rings is 4. The molecule has 10 heteroatoms. The molecule has 8 nitrogen and oxygen atoms in total. The Morgan fingerprint density at radius 2 is 0.679 bits per heavy atom. The SMILES string of the molecule is Cc1ccc(-c2ccc3c(n2)c2nc(-c4ccc(C)cc4)cc4c2n3-c2c3c5c(c6c2B4c2cc(C(C)(C)C)ccc2O6)-n2c4ccc(-c6ccc(C)cc6)nc4c4nc(-c6ccc(C)cc6)cc(c42)B5c2cc(C(C)(C)C)ccc2O3)cc1. The highest BCUT2D eigenvalue weighted by molar-refractivity contribution is 7.02. The van der Waals surface area contributed by atoms with E-state index in [1.54, 1.807) is 0 Å². The fraction of sp³-hybridized carbons (Fsp3) is 0.162. The number of rotatable bonds is 4. The minimum absolute atomic E-state index is 0.152. The van der Waals surface area contributed by atoms with Crippen LogP contribution in [0.2, 0.25) is 0 Å². The largest absolute Gasteiger partial charge is 0.456 e. The summed E-state index contributed by atoms with van der Waals surface area (Å²) in [7, 11) is 0. The molecule has 0 saturated carbocycles. The van der Waals surface area contributed by atoms with Gasteiger partial charge in [-0.2, -0.15) is 0 Å². The highest BCUT2D eigenvalue weighted by atomic mass is 16.5. The van der Waals surface area contributed by atoms with Crippen LogP contribution in [0, 0.1) is 27.7 Å². The molecule has 6 aromatic heterocycles. The molecule has 10 heterocycles. The Kier molecular flexibility index (Phi) is 9.96. The Morgan fingerprint density at radius 3 is 1.02 bits per heavy atom. The van der Waals surface area contributed by atoms with Crippen molar-refractivity contribution in [3.05, 3.63) is 203 Å². The summed E-state index contributed by atoms with van der Waals surface area (Å²) in [4.78, 5) is 22.8. The van der Waals surface area contributed by atoms with Gasteiger partial charge in [-0.3, -0.25) is 0 Å². The highest BCUT2D eigenvalue weighted by Crippen LogP contribution is 2.49. The van der Waals surface area contributed by atoms with Gasteiger partial charge in [-0.05, 0) is 120 Å². The zero-order valence-electron chi connectivity index (χ0n) is 48.8. The van der Waals surface area contributed by atoms with Gasteiger partial charge in [-0.15, -0.1) is 0 Å². The lowest BCUT2D eigenvalue weighted by atomic mass is 9.31. The van der Waals surface area contributed by atoms with E-state index in [0.717, 1.165) is 156 Å². The predicted molar refractivity (Wildman–Crippen MR) is 347 cm³/mol. The summed E-state index contributed by atoms with van der Waals surface area (Å²) in [6, 6.07) is 62.1. The number of aromatic nitrogens is 6. The van der Waals surface area contributed by atoms with Crippen LogP contribution in [0.1, 0.15) is 74.9 Å². The predicted octanol–water partition coefficient (Wildman–Crippen LogP) is 13.8. The third-order valence-corrected chi connectivity index (χ3v) is 18.4. The van der Waals surface area contributed by atoms with Crippen molar-refractivity contribution >= 4 is 90.3 Å². The lowest BCUT2D eigenvalue weighted by molar-refractivity contribution is 0.471. The third-order valence-electron chi connectivity index (χ3n) is 18.4. The van der Waals surface area contributed by atoms with Gasteiger partial charge in [0.15, 0.2) is 0 Å². The molecule has 0 fully saturated rings. The molecule has 402 valence electrons. The molecule has 0 radical (unpaired) electrons. The van der Waals surface area contributed by atoms with Crippen molar-refractivity contribution in [1.29, 1.82) is 0 Å². The number of hydrogen-bond acceptors (Lipinski definition) is 6. The first kappa shape index (κ1) is 49.1. The van der Waals surface area contributed by atoms with E-state index in [1.807, 2.05) is 0 Å². The second kappa shape index (κ2) is 17.0. The second-order valence-electron chi connectivity index (χ2n) is 26.1. The van der Waals surface area contributed by atoms with Crippen molar-refractivity contribution in [3.63, 3.8) is 0 Å². The van der Waals surface area contributed by atoms with Crippen LogP contribution >= 0.6 is 0 Å². The molecule has 0 spiro atoms. The van der Waals surface area contributed by atoms with E-state index in [1.165, 1.54) is 33.4 Å². The fourth-order valence-corrected chi connectivity index (χ4v) is 13.9. The summed E-state index contributed by atoms with van der Waals surface area (Å²) < 4.78 is 20.6. The van der Waals surface area contributed by atoms with Crippen molar-refractivity contribution in [1.82, 2.24) is 29.1 Å². The minimum Gasteiger partial charge on any atom is -0.456 e. The van der Waals surface area contributed by atoms with Gasteiger partial charge in [-0.25, -0.2) is 19.9 Å². The average Bonchev–Trinajstić information content (AvgIpc) is 1.30. The van der Waals surface area contributed by atoms with Crippen LogP contribution in [-0.2, 0) is 10.8 Å². The molecular weight excluding hydrogens is 1030 g/mol. The Labute approximate surface area is 489 Å². The fourth-order valence-electron chi connectivity index (χ4n) is 13.9. The molecule has 84 heavy (non-hydrogen) atoms. The van der Waals surface area contributed by atoms with E-state index in [2.05, 4.69) is 248 Å². The first-order valence-electron chi connectivity index (χ1n) is 29.4. The van der Waals surface area contributed by atoms with E-state index >= 15 is 0 Å². The number of hydrogen-bond donors (Lipinski definition) is 0. The first-order chi connectivity index (χ1) is 40.5. The summed E-state index contributed by atoms with van der Waals surface area (Å²) in [6.45, 7) is 21.7. The highest BCUT2D eigenvalue weighted by Gasteiger charge is 2.51. The van der Waals surface area contributed by atoms with Crippen molar-refractivity contribution in [2.24, 2.45) is 0 Å². The van der Waals surface area contributed by atoms with Crippen molar-refractivity contribution in [2.45, 2.75) is 80.1 Å². The van der Waals surface area contributed by atoms with Crippen LogP contribution in [-0.4, -0.2) is 42.5 Å². The molecule has 0 atom stereocenters. The molecule has 0 saturated heterocycles. The van der Waals surface area contributed by atoms with Gasteiger partial charge in [0.25, 0.3) is 13.4 Å². The van der Waals surface area contributed by atoms with Crippen molar-refractivity contribution in [2.75, 3.05) is 0 Å². The van der Waals surface area contributed by atoms with Crippen LogP contribution in [0.15, 0.2) is 170 Å². The monoisotopic (exact) mass is 1080 g/mol. The van der Waals surface area contributed by atoms with E-state index in [4.69, 9.17) is 29.4 Å². The molecule has 0 amide bonds. The topological polar surface area (TPSA) is 79.9 Å². The van der Waals surface area contributed by atoms with Gasteiger partial charge in [0.1, 0.15) is 45.1 Å². The Bertz CT molecular complexity index is 4740. The van der Waals surface area contributed by atoms with Gasteiger partial charge in [-0.1, -0.05) is 185 Å². The smallest absolute Gasteiger partial charge is 0.256 e. The standard InChI is InChI=1S/C74H58B2N6O2/c1-39-11-19-43(20-12-39)53-29-31-57-63(77-53)65-67-51(37-55(79-65)45-23-15-41(3)16-24-45)75-49-35-47(73(5,6)7)27-33-59(49)84-72-61(75)69(81(57)67)71-62-70(72)82-58-32-30-54(44-21-13-40(2)14-22-44)78-64(58)66-68(82)52(38-56(80-66)46-25-17-42(4)18-26-46)76(62)50-36-48(74(8,9)10)28-34-60(50)83-71/h11-38H,1-10H3. The van der Waals surface area contributed by atoms with Crippen LogP contribution in [0.4, 0.5) is 0 Å². The summed E-state index contributed by atoms with van der Waals surface area (Å²) in [5, 5.41) is 0. The minimum atomic E-state index is -0.315. The van der Waals surface area contributed by atoms with Gasteiger partial charge >= 0.3 is 0 Å². The third kappa shape index (κ3) is 6.97. The van der Waals surface area contributed by atoms with Gasteiger partial charge in [0, 0.05) is 33.2 Å². The number of benzene rings is 7. The van der Waals surface area contributed by atoms with E-state index < -0.39 is 0 Å². The summed E-state index contributed by atoms with van der Waals surface area (Å²) in [5.41, 5.74) is 30.4. The second-order valence-corrected chi connectivity index (χ2v) is 26.1. The zero-order valence-corrected chi connectivity index (χ0v) is 48.8. The summed E-state index contributed by atoms with van der Waals surface area (Å²) in [5.74, 6) is 3.23. The van der Waals surface area contributed by atoms with Gasteiger partial charge < -0.3 is 18.6 Å². The molecule has 0 N–H and O–H groups in total.